The van der Waals surface area contributed by atoms with Gasteiger partial charge in [-0.25, -0.2) is 0 Å². The van der Waals surface area contributed by atoms with Gasteiger partial charge >= 0.3 is 0 Å². The van der Waals surface area contributed by atoms with Crippen LogP contribution in [0, 0.1) is 12.8 Å². The number of carbonyl (C=O) groups excluding carboxylic acids is 3. The highest BCUT2D eigenvalue weighted by Crippen LogP contribution is 2.28. The molecule has 158 valence electrons. The summed E-state index contributed by atoms with van der Waals surface area (Å²) in [4.78, 5) is 43.1. The van der Waals surface area contributed by atoms with Gasteiger partial charge in [-0.05, 0) is 42.7 Å². The summed E-state index contributed by atoms with van der Waals surface area (Å²) >= 11 is 6.19. The molecule has 1 heterocycles. The minimum atomic E-state index is -0.254. The first-order valence-electron chi connectivity index (χ1n) is 9.95. The van der Waals surface area contributed by atoms with Gasteiger partial charge in [0.15, 0.2) is 0 Å². The van der Waals surface area contributed by atoms with Gasteiger partial charge in [-0.1, -0.05) is 49.7 Å². The SMILES string of the molecule is Cc1c(Cl)cccc1N1CN(C(=O)CN(CC(C)C)C(=O)c2ccccc2)CC1=O. The lowest BCUT2D eigenvalue weighted by molar-refractivity contribution is -0.132. The van der Waals surface area contributed by atoms with E-state index in [9.17, 15) is 14.4 Å². The molecule has 1 aliphatic rings. The molecule has 1 aliphatic heterocycles. The molecule has 0 N–H and O–H groups in total. The number of amides is 3. The van der Waals surface area contributed by atoms with Crippen molar-refractivity contribution in [1.29, 1.82) is 0 Å². The molecular weight excluding hydrogens is 402 g/mol. The summed E-state index contributed by atoms with van der Waals surface area (Å²) < 4.78 is 0. The second-order valence-electron chi connectivity index (χ2n) is 7.88. The Labute approximate surface area is 182 Å². The molecule has 1 fully saturated rings. The quantitative estimate of drug-likeness (QED) is 0.707. The van der Waals surface area contributed by atoms with Gasteiger partial charge in [0.05, 0.1) is 0 Å². The lowest BCUT2D eigenvalue weighted by Crippen LogP contribution is -2.44. The molecule has 3 amide bonds. The average molecular weight is 428 g/mol. The number of benzene rings is 2. The third-order valence-electron chi connectivity index (χ3n) is 5.04. The fourth-order valence-corrected chi connectivity index (χ4v) is 3.67. The minimum Gasteiger partial charge on any atom is -0.329 e. The second-order valence-corrected chi connectivity index (χ2v) is 8.29. The summed E-state index contributed by atoms with van der Waals surface area (Å²) in [7, 11) is 0. The predicted molar refractivity (Wildman–Crippen MR) is 117 cm³/mol. The molecule has 0 radical (unpaired) electrons. The van der Waals surface area contributed by atoms with Gasteiger partial charge < -0.3 is 9.80 Å². The summed E-state index contributed by atoms with van der Waals surface area (Å²) in [6.07, 6.45) is 0. The van der Waals surface area contributed by atoms with Crippen LogP contribution >= 0.6 is 11.6 Å². The number of hydrogen-bond acceptors (Lipinski definition) is 3. The van der Waals surface area contributed by atoms with E-state index in [1.165, 1.54) is 4.90 Å². The summed E-state index contributed by atoms with van der Waals surface area (Å²) in [5.74, 6) is -0.407. The molecule has 0 aliphatic carbocycles. The predicted octanol–water partition coefficient (Wildman–Crippen LogP) is 3.58. The Hall–Kier alpha value is -2.86. The summed E-state index contributed by atoms with van der Waals surface area (Å²) in [5.41, 5.74) is 2.03. The maximum absolute atomic E-state index is 13.0. The van der Waals surface area contributed by atoms with Crippen molar-refractivity contribution < 1.29 is 14.4 Å². The highest BCUT2D eigenvalue weighted by molar-refractivity contribution is 6.31. The Morgan fingerprint density at radius 1 is 1.10 bits per heavy atom. The van der Waals surface area contributed by atoms with Crippen molar-refractivity contribution in [2.75, 3.05) is 31.2 Å². The lowest BCUT2D eigenvalue weighted by atomic mass is 10.1. The smallest absolute Gasteiger partial charge is 0.254 e. The van der Waals surface area contributed by atoms with Crippen LogP contribution in [0.4, 0.5) is 5.69 Å². The van der Waals surface area contributed by atoms with Crippen LogP contribution in [-0.2, 0) is 9.59 Å². The molecule has 0 atom stereocenters. The fourth-order valence-electron chi connectivity index (χ4n) is 3.50. The second kappa shape index (κ2) is 9.30. The third-order valence-corrected chi connectivity index (χ3v) is 5.45. The Kier molecular flexibility index (Phi) is 6.77. The molecule has 3 rings (SSSR count). The number of rotatable bonds is 6. The van der Waals surface area contributed by atoms with Crippen molar-refractivity contribution in [3.63, 3.8) is 0 Å². The number of halogens is 1. The zero-order valence-electron chi connectivity index (χ0n) is 17.5. The van der Waals surface area contributed by atoms with E-state index in [1.807, 2.05) is 32.9 Å². The molecule has 0 bridgehead atoms. The van der Waals surface area contributed by atoms with Crippen molar-refractivity contribution in [2.24, 2.45) is 5.92 Å². The first-order valence-corrected chi connectivity index (χ1v) is 10.3. The molecule has 0 unspecified atom stereocenters. The molecule has 30 heavy (non-hydrogen) atoms. The minimum absolute atomic E-state index is 0.0141. The van der Waals surface area contributed by atoms with E-state index in [4.69, 9.17) is 11.6 Å². The highest BCUT2D eigenvalue weighted by Gasteiger charge is 2.34. The number of carbonyl (C=O) groups is 3. The van der Waals surface area contributed by atoms with Crippen LogP contribution in [-0.4, -0.2) is 53.8 Å². The van der Waals surface area contributed by atoms with Gasteiger partial charge in [0, 0.05) is 22.8 Å². The maximum Gasteiger partial charge on any atom is 0.254 e. The monoisotopic (exact) mass is 427 g/mol. The van der Waals surface area contributed by atoms with Crippen molar-refractivity contribution in [2.45, 2.75) is 20.8 Å². The van der Waals surface area contributed by atoms with E-state index >= 15 is 0 Å². The van der Waals surface area contributed by atoms with Crippen molar-refractivity contribution in [3.05, 3.63) is 64.7 Å². The zero-order valence-corrected chi connectivity index (χ0v) is 18.2. The topological polar surface area (TPSA) is 60.9 Å². The molecule has 6 nitrogen and oxygen atoms in total. The first-order chi connectivity index (χ1) is 14.3. The Balaban J connectivity index is 1.74. The van der Waals surface area contributed by atoms with Gasteiger partial charge in [-0.3, -0.25) is 19.3 Å². The van der Waals surface area contributed by atoms with E-state index in [0.29, 0.717) is 22.8 Å². The maximum atomic E-state index is 13.0. The fraction of sp³-hybridized carbons (Fsp3) is 0.348. The molecule has 1 saturated heterocycles. The number of nitrogens with zero attached hydrogens (tertiary/aromatic N) is 3. The summed E-state index contributed by atoms with van der Waals surface area (Å²) in [6, 6.07) is 14.3. The molecular formula is C23H26ClN3O3. The van der Waals surface area contributed by atoms with E-state index in [1.54, 1.807) is 46.2 Å². The van der Waals surface area contributed by atoms with Crippen LogP contribution in [0.3, 0.4) is 0 Å². The molecule has 2 aromatic rings. The van der Waals surface area contributed by atoms with Gasteiger partial charge in [0.2, 0.25) is 11.8 Å². The van der Waals surface area contributed by atoms with Crippen LogP contribution in [0.5, 0.6) is 0 Å². The molecule has 0 saturated carbocycles. The van der Waals surface area contributed by atoms with Crippen LogP contribution in [0.1, 0.15) is 29.8 Å². The van der Waals surface area contributed by atoms with Crippen LogP contribution in [0.25, 0.3) is 0 Å². The van der Waals surface area contributed by atoms with Crippen molar-refractivity contribution in [3.8, 4) is 0 Å². The summed E-state index contributed by atoms with van der Waals surface area (Å²) in [5, 5.41) is 0.571. The first kappa shape index (κ1) is 21.8. The molecule has 7 heteroatoms. The normalized spacial score (nSPS) is 13.8. The van der Waals surface area contributed by atoms with Crippen LogP contribution < -0.4 is 4.90 Å². The van der Waals surface area contributed by atoms with Crippen molar-refractivity contribution >= 4 is 35.0 Å². The van der Waals surface area contributed by atoms with E-state index < -0.39 is 0 Å². The summed E-state index contributed by atoms with van der Waals surface area (Å²) in [6.45, 7) is 6.36. The third kappa shape index (κ3) is 4.82. The lowest BCUT2D eigenvalue weighted by Gasteiger charge is -2.26. The highest BCUT2D eigenvalue weighted by atomic mass is 35.5. The Bertz CT molecular complexity index is 946. The zero-order chi connectivity index (χ0) is 21.8. The van der Waals surface area contributed by atoms with Crippen molar-refractivity contribution in [1.82, 2.24) is 9.80 Å². The van der Waals surface area contributed by atoms with Gasteiger partial charge in [-0.15, -0.1) is 0 Å². The number of hydrogen-bond donors (Lipinski definition) is 0. The van der Waals surface area contributed by atoms with Gasteiger partial charge in [0.25, 0.3) is 5.91 Å². The van der Waals surface area contributed by atoms with E-state index in [2.05, 4.69) is 0 Å². The van der Waals surface area contributed by atoms with E-state index in [-0.39, 0.29) is 43.4 Å². The van der Waals surface area contributed by atoms with Crippen LogP contribution in [0.2, 0.25) is 5.02 Å². The average Bonchev–Trinajstić information content (AvgIpc) is 3.11. The Morgan fingerprint density at radius 3 is 2.47 bits per heavy atom. The van der Waals surface area contributed by atoms with E-state index in [0.717, 1.165) is 5.56 Å². The number of anilines is 1. The molecule has 2 aromatic carbocycles. The Morgan fingerprint density at radius 2 is 1.80 bits per heavy atom. The largest absolute Gasteiger partial charge is 0.329 e. The van der Waals surface area contributed by atoms with Gasteiger partial charge in [0.1, 0.15) is 19.8 Å². The standard InChI is InChI=1S/C23H26ClN3O3/c1-16(2)12-25(23(30)18-8-5-4-6-9-18)13-21(28)26-14-22(29)27(15-26)20-11-7-10-19(24)17(20)3/h4-11,16H,12-15H2,1-3H3. The van der Waals surface area contributed by atoms with Crippen LogP contribution in [0.15, 0.2) is 48.5 Å². The molecule has 0 aromatic heterocycles. The van der Waals surface area contributed by atoms with Gasteiger partial charge in [-0.2, -0.15) is 0 Å². The molecule has 0 spiro atoms.